The Morgan fingerprint density at radius 3 is 2.92 bits per heavy atom. The lowest BCUT2D eigenvalue weighted by molar-refractivity contribution is -0.144. The van der Waals surface area contributed by atoms with Gasteiger partial charge in [-0.2, -0.15) is 15.3 Å². The Labute approximate surface area is 144 Å². The topological polar surface area (TPSA) is 93.2 Å². The first-order valence-corrected chi connectivity index (χ1v) is 7.89. The van der Waals surface area contributed by atoms with Gasteiger partial charge in [-0.05, 0) is 31.9 Å². The molecule has 0 spiro atoms. The van der Waals surface area contributed by atoms with E-state index in [4.69, 9.17) is 10.00 Å². The summed E-state index contributed by atoms with van der Waals surface area (Å²) >= 11 is 0. The molecular weight excluding hydrogens is 318 g/mol. The maximum absolute atomic E-state index is 12.1. The highest BCUT2D eigenvalue weighted by Crippen LogP contribution is 2.16. The maximum Gasteiger partial charge on any atom is 0.306 e. The van der Waals surface area contributed by atoms with Crippen molar-refractivity contribution in [2.24, 2.45) is 0 Å². The first kappa shape index (κ1) is 16.6. The van der Waals surface area contributed by atoms with Crippen LogP contribution in [0.5, 0.6) is 0 Å². The van der Waals surface area contributed by atoms with E-state index in [-0.39, 0.29) is 19.0 Å². The monoisotopic (exact) mass is 335 g/mol. The Bertz CT molecular complexity index is 971. The molecule has 0 unspecified atom stereocenters. The average molecular weight is 335 g/mol. The summed E-state index contributed by atoms with van der Waals surface area (Å²) in [6.45, 7) is 3.92. The van der Waals surface area contributed by atoms with E-state index in [1.54, 1.807) is 22.7 Å². The van der Waals surface area contributed by atoms with Gasteiger partial charge < -0.3 is 4.74 Å². The molecule has 0 radical (unpaired) electrons. The van der Waals surface area contributed by atoms with Gasteiger partial charge in [-0.3, -0.25) is 4.79 Å². The fourth-order valence-corrected chi connectivity index (χ4v) is 2.73. The van der Waals surface area contributed by atoms with Crippen molar-refractivity contribution in [2.75, 3.05) is 0 Å². The Kier molecular flexibility index (Phi) is 4.70. The van der Waals surface area contributed by atoms with Crippen LogP contribution < -0.4 is 0 Å². The van der Waals surface area contributed by atoms with Crippen molar-refractivity contribution in [1.82, 2.24) is 19.6 Å². The van der Waals surface area contributed by atoms with E-state index in [2.05, 4.69) is 21.1 Å². The summed E-state index contributed by atoms with van der Waals surface area (Å²) in [6, 6.07) is 9.17. The summed E-state index contributed by atoms with van der Waals surface area (Å²) in [5, 5.41) is 13.2. The van der Waals surface area contributed by atoms with Gasteiger partial charge in [0, 0.05) is 23.4 Å². The van der Waals surface area contributed by atoms with Gasteiger partial charge in [0.25, 0.3) is 5.78 Å². The largest absolute Gasteiger partial charge is 0.461 e. The number of nitriles is 1. The molecule has 3 aromatic rings. The Hall–Kier alpha value is -3.27. The third-order valence-electron chi connectivity index (χ3n) is 4.09. The molecule has 0 aliphatic heterocycles. The molecule has 0 saturated carbocycles. The highest BCUT2D eigenvalue weighted by atomic mass is 16.5. The van der Waals surface area contributed by atoms with Gasteiger partial charge in [0.05, 0.1) is 11.6 Å². The lowest BCUT2D eigenvalue weighted by Crippen LogP contribution is -2.10. The highest BCUT2D eigenvalue weighted by molar-refractivity contribution is 5.70. The van der Waals surface area contributed by atoms with Crippen LogP contribution in [0, 0.1) is 25.2 Å². The fourth-order valence-electron chi connectivity index (χ4n) is 2.73. The molecule has 0 aliphatic rings. The molecule has 7 heteroatoms. The number of esters is 1. The van der Waals surface area contributed by atoms with Crippen LogP contribution in [0.2, 0.25) is 0 Å². The Balaban J connectivity index is 1.64. The normalized spacial score (nSPS) is 10.6. The van der Waals surface area contributed by atoms with Crippen LogP contribution >= 0.6 is 0 Å². The fraction of sp³-hybridized carbons (Fsp3) is 0.278. The molecule has 0 saturated heterocycles. The van der Waals surface area contributed by atoms with Crippen LogP contribution in [0.15, 0.2) is 30.6 Å². The predicted molar refractivity (Wildman–Crippen MR) is 89.5 cm³/mol. The van der Waals surface area contributed by atoms with E-state index in [9.17, 15) is 4.79 Å². The van der Waals surface area contributed by atoms with Gasteiger partial charge in [0.1, 0.15) is 12.9 Å². The minimum Gasteiger partial charge on any atom is -0.461 e. The summed E-state index contributed by atoms with van der Waals surface area (Å²) in [6.07, 6.45) is 2.21. The standard InChI is InChI=1S/C18H17N5O2/c1-12-16(13(2)23-18(22-12)20-11-21-23)7-8-17(24)25-10-15-6-4-3-5-14(15)9-19/h3-6,11H,7-8,10H2,1-2H3. The summed E-state index contributed by atoms with van der Waals surface area (Å²) in [7, 11) is 0. The molecule has 1 aromatic carbocycles. The average Bonchev–Trinajstić information content (AvgIpc) is 3.08. The van der Waals surface area contributed by atoms with Crippen LogP contribution in [0.1, 0.15) is 34.5 Å². The van der Waals surface area contributed by atoms with Crippen LogP contribution in [0.3, 0.4) is 0 Å². The van der Waals surface area contributed by atoms with Crippen molar-refractivity contribution >= 4 is 11.7 Å². The second-order valence-electron chi connectivity index (χ2n) is 5.66. The molecule has 0 N–H and O–H groups in total. The molecular formula is C18H17N5O2. The summed E-state index contributed by atoms with van der Waals surface area (Å²) in [5.41, 5.74) is 3.94. The third kappa shape index (κ3) is 3.48. The molecule has 3 rings (SSSR count). The van der Waals surface area contributed by atoms with Crippen molar-refractivity contribution in [3.05, 3.63) is 58.7 Å². The SMILES string of the molecule is Cc1nc2ncnn2c(C)c1CCC(=O)OCc1ccccc1C#N. The number of aromatic nitrogens is 4. The van der Waals surface area contributed by atoms with E-state index in [0.717, 1.165) is 17.0 Å². The first-order valence-electron chi connectivity index (χ1n) is 7.89. The number of carbonyl (C=O) groups is 1. The van der Waals surface area contributed by atoms with Gasteiger partial charge >= 0.3 is 5.97 Å². The zero-order chi connectivity index (χ0) is 17.8. The highest BCUT2D eigenvalue weighted by Gasteiger charge is 2.13. The maximum atomic E-state index is 12.1. The van der Waals surface area contributed by atoms with Crippen molar-refractivity contribution in [3.8, 4) is 6.07 Å². The number of fused-ring (bicyclic) bond motifs is 1. The predicted octanol–water partition coefficient (Wildman–Crippen LogP) is 2.29. The molecule has 0 aliphatic carbocycles. The van der Waals surface area contributed by atoms with Gasteiger partial charge in [0.15, 0.2) is 0 Å². The Morgan fingerprint density at radius 2 is 2.12 bits per heavy atom. The lowest BCUT2D eigenvalue weighted by atomic mass is 10.1. The van der Waals surface area contributed by atoms with Crippen molar-refractivity contribution in [1.29, 1.82) is 5.26 Å². The zero-order valence-electron chi connectivity index (χ0n) is 14.1. The molecule has 25 heavy (non-hydrogen) atoms. The third-order valence-corrected chi connectivity index (χ3v) is 4.09. The molecule has 0 amide bonds. The minimum absolute atomic E-state index is 0.0981. The van der Waals surface area contributed by atoms with Crippen LogP contribution in [-0.4, -0.2) is 25.6 Å². The number of carbonyl (C=O) groups excluding carboxylic acids is 1. The summed E-state index contributed by atoms with van der Waals surface area (Å²) in [5.74, 6) is 0.236. The molecule has 0 bridgehead atoms. The smallest absolute Gasteiger partial charge is 0.306 e. The van der Waals surface area contributed by atoms with E-state index in [0.29, 0.717) is 23.3 Å². The first-order chi connectivity index (χ1) is 12.1. The summed E-state index contributed by atoms with van der Waals surface area (Å²) in [4.78, 5) is 20.5. The number of aryl methyl sites for hydroxylation is 2. The van der Waals surface area contributed by atoms with Crippen molar-refractivity contribution in [3.63, 3.8) is 0 Å². The zero-order valence-corrected chi connectivity index (χ0v) is 14.1. The minimum atomic E-state index is -0.315. The quantitative estimate of drug-likeness (QED) is 0.664. The van der Waals surface area contributed by atoms with E-state index >= 15 is 0 Å². The van der Waals surface area contributed by atoms with Gasteiger partial charge in [0.2, 0.25) is 0 Å². The lowest BCUT2D eigenvalue weighted by Gasteiger charge is -2.10. The Morgan fingerprint density at radius 1 is 1.32 bits per heavy atom. The molecule has 0 fully saturated rings. The number of ether oxygens (including phenoxy) is 1. The van der Waals surface area contributed by atoms with E-state index in [1.165, 1.54) is 6.33 Å². The molecule has 2 aromatic heterocycles. The van der Waals surface area contributed by atoms with Crippen LogP contribution in [-0.2, 0) is 22.6 Å². The van der Waals surface area contributed by atoms with Gasteiger partial charge in [-0.25, -0.2) is 9.50 Å². The molecule has 2 heterocycles. The van der Waals surface area contributed by atoms with Gasteiger partial charge in [-0.1, -0.05) is 18.2 Å². The number of hydrogen-bond donors (Lipinski definition) is 0. The van der Waals surface area contributed by atoms with Crippen molar-refractivity contribution < 1.29 is 9.53 Å². The molecule has 7 nitrogen and oxygen atoms in total. The van der Waals surface area contributed by atoms with Crippen LogP contribution in [0.25, 0.3) is 5.78 Å². The van der Waals surface area contributed by atoms with E-state index < -0.39 is 0 Å². The second-order valence-corrected chi connectivity index (χ2v) is 5.66. The van der Waals surface area contributed by atoms with E-state index in [1.807, 2.05) is 19.9 Å². The molecule has 126 valence electrons. The van der Waals surface area contributed by atoms with Crippen LogP contribution in [0.4, 0.5) is 0 Å². The second kappa shape index (κ2) is 7.09. The van der Waals surface area contributed by atoms with Gasteiger partial charge in [-0.15, -0.1) is 0 Å². The van der Waals surface area contributed by atoms with Crippen molar-refractivity contribution in [2.45, 2.75) is 33.3 Å². The number of benzene rings is 1. The number of nitrogens with zero attached hydrogens (tertiary/aromatic N) is 5. The molecule has 0 atom stereocenters. The number of hydrogen-bond acceptors (Lipinski definition) is 6. The summed E-state index contributed by atoms with van der Waals surface area (Å²) < 4.78 is 6.96. The number of rotatable bonds is 5.